The molecule has 0 aromatic carbocycles. The Bertz CT molecular complexity index is 1140. The number of halogens is 1. The monoisotopic (exact) mass is 392 g/mol. The molecule has 1 fully saturated rings. The number of pyridine rings is 2. The van der Waals surface area contributed by atoms with E-state index in [1.54, 1.807) is 18.5 Å². The fourth-order valence-electron chi connectivity index (χ4n) is 4.01. The zero-order valence-corrected chi connectivity index (χ0v) is 15.8. The third-order valence-electron chi connectivity index (χ3n) is 5.43. The molecule has 1 aliphatic carbocycles. The van der Waals surface area contributed by atoms with Crippen molar-refractivity contribution in [2.75, 3.05) is 5.32 Å². The number of nitrogens with one attached hydrogen (secondary N) is 1. The molecule has 6 nitrogen and oxygen atoms in total. The van der Waals surface area contributed by atoms with Crippen LogP contribution in [0.3, 0.4) is 0 Å². The van der Waals surface area contributed by atoms with Crippen molar-refractivity contribution < 1.29 is 13.9 Å². The molecule has 29 heavy (non-hydrogen) atoms. The standard InChI is InChI=1S/C22H21FN4O2/c23-21-9-15(8-19(26-21)14-6-7-29-13-14)20-11-24-22-5-4-17(12-27(20)22)25-16-2-1-3-18(28)10-16/h4-9,11-13,16,18,25,28H,1-3,10H2/t16-,18-/m1/s1. The van der Waals surface area contributed by atoms with Crippen LogP contribution in [0.2, 0.25) is 0 Å². The van der Waals surface area contributed by atoms with Crippen molar-refractivity contribution in [3.8, 4) is 22.5 Å². The Morgan fingerprint density at radius 3 is 2.93 bits per heavy atom. The topological polar surface area (TPSA) is 75.6 Å². The van der Waals surface area contributed by atoms with E-state index < -0.39 is 5.95 Å². The number of aliphatic hydroxyl groups excluding tert-OH is 1. The van der Waals surface area contributed by atoms with Gasteiger partial charge in [0.05, 0.1) is 41.9 Å². The van der Waals surface area contributed by atoms with E-state index in [9.17, 15) is 9.50 Å². The van der Waals surface area contributed by atoms with Crippen molar-refractivity contribution in [2.24, 2.45) is 0 Å². The van der Waals surface area contributed by atoms with Crippen molar-refractivity contribution in [2.45, 2.75) is 37.8 Å². The number of aliphatic hydroxyl groups is 1. The van der Waals surface area contributed by atoms with Crippen LogP contribution in [0.25, 0.3) is 28.2 Å². The smallest absolute Gasteiger partial charge is 0.214 e. The molecule has 0 saturated heterocycles. The lowest BCUT2D eigenvalue weighted by Gasteiger charge is -2.27. The number of fused-ring (bicyclic) bond motifs is 1. The lowest BCUT2D eigenvalue weighted by molar-refractivity contribution is 0.124. The predicted octanol–water partition coefficient (Wildman–Crippen LogP) is 4.51. The SMILES string of the molecule is O[C@@H]1CCC[C@@H](Nc2ccc3ncc(-c4cc(F)nc(-c5ccoc5)c4)n3c2)C1. The maximum absolute atomic E-state index is 14.2. The molecular weight excluding hydrogens is 371 g/mol. The Balaban J connectivity index is 1.51. The molecule has 0 spiro atoms. The van der Waals surface area contributed by atoms with E-state index >= 15 is 0 Å². The Labute approximate surface area is 167 Å². The maximum atomic E-state index is 14.2. The van der Waals surface area contributed by atoms with Crippen LogP contribution in [0.4, 0.5) is 10.1 Å². The zero-order chi connectivity index (χ0) is 19.8. The van der Waals surface area contributed by atoms with Gasteiger partial charge in [0.2, 0.25) is 5.95 Å². The summed E-state index contributed by atoms with van der Waals surface area (Å²) in [6.07, 6.45) is 10.2. The van der Waals surface area contributed by atoms with Crippen molar-refractivity contribution in [1.82, 2.24) is 14.4 Å². The van der Waals surface area contributed by atoms with Crippen LogP contribution in [-0.4, -0.2) is 31.6 Å². The second kappa shape index (κ2) is 7.33. The summed E-state index contributed by atoms with van der Waals surface area (Å²) in [6.45, 7) is 0. The highest BCUT2D eigenvalue weighted by molar-refractivity contribution is 5.70. The van der Waals surface area contributed by atoms with Crippen molar-refractivity contribution in [3.05, 3.63) is 61.2 Å². The first-order chi connectivity index (χ1) is 14.2. The van der Waals surface area contributed by atoms with E-state index in [1.165, 1.54) is 12.3 Å². The molecule has 2 N–H and O–H groups in total. The number of anilines is 1. The van der Waals surface area contributed by atoms with E-state index in [-0.39, 0.29) is 12.1 Å². The second-order valence-corrected chi connectivity index (χ2v) is 7.53. The van der Waals surface area contributed by atoms with E-state index in [0.717, 1.165) is 48.3 Å². The minimum absolute atomic E-state index is 0.241. The molecule has 148 valence electrons. The molecule has 0 radical (unpaired) electrons. The van der Waals surface area contributed by atoms with Crippen LogP contribution in [0.5, 0.6) is 0 Å². The van der Waals surface area contributed by atoms with Gasteiger partial charge in [-0.15, -0.1) is 0 Å². The van der Waals surface area contributed by atoms with Gasteiger partial charge in [0.1, 0.15) is 5.65 Å². The first kappa shape index (κ1) is 17.9. The summed E-state index contributed by atoms with van der Waals surface area (Å²) in [5, 5.41) is 13.4. The quantitative estimate of drug-likeness (QED) is 0.500. The summed E-state index contributed by atoms with van der Waals surface area (Å²) in [7, 11) is 0. The Morgan fingerprint density at radius 1 is 1.17 bits per heavy atom. The van der Waals surface area contributed by atoms with Crippen LogP contribution in [0, 0.1) is 5.95 Å². The third kappa shape index (κ3) is 3.61. The van der Waals surface area contributed by atoms with Crippen LogP contribution in [0.1, 0.15) is 25.7 Å². The van der Waals surface area contributed by atoms with Crippen molar-refractivity contribution >= 4 is 11.3 Å². The molecule has 0 amide bonds. The Kier molecular flexibility index (Phi) is 4.52. The minimum atomic E-state index is -0.556. The number of imidazole rings is 1. The van der Waals surface area contributed by atoms with E-state index in [0.29, 0.717) is 11.3 Å². The third-order valence-corrected chi connectivity index (χ3v) is 5.43. The lowest BCUT2D eigenvalue weighted by Crippen LogP contribution is -2.29. The summed E-state index contributed by atoms with van der Waals surface area (Å²) in [5.74, 6) is -0.556. The van der Waals surface area contributed by atoms with Crippen LogP contribution in [0.15, 0.2) is 59.7 Å². The molecule has 0 bridgehead atoms. The molecule has 0 unspecified atom stereocenters. The highest BCUT2D eigenvalue weighted by atomic mass is 19.1. The van der Waals surface area contributed by atoms with Gasteiger partial charge in [-0.3, -0.25) is 4.40 Å². The average molecular weight is 392 g/mol. The first-order valence-electron chi connectivity index (χ1n) is 9.78. The van der Waals surface area contributed by atoms with Crippen LogP contribution < -0.4 is 5.32 Å². The number of hydrogen-bond acceptors (Lipinski definition) is 5. The fourth-order valence-corrected chi connectivity index (χ4v) is 4.01. The Hall–Kier alpha value is -3.19. The summed E-state index contributed by atoms with van der Waals surface area (Å²) in [6, 6.07) is 9.14. The molecule has 4 heterocycles. The van der Waals surface area contributed by atoms with Crippen molar-refractivity contribution in [3.63, 3.8) is 0 Å². The molecule has 1 saturated carbocycles. The summed E-state index contributed by atoms with van der Waals surface area (Å²) >= 11 is 0. The Morgan fingerprint density at radius 2 is 2.10 bits per heavy atom. The van der Waals surface area contributed by atoms with Gasteiger partial charge in [-0.2, -0.15) is 4.39 Å². The summed E-state index contributed by atoms with van der Waals surface area (Å²) in [4.78, 5) is 8.43. The number of hydrogen-bond donors (Lipinski definition) is 2. The van der Waals surface area contributed by atoms with Gasteiger partial charge in [0.25, 0.3) is 0 Å². The number of nitrogens with zero attached hydrogens (tertiary/aromatic N) is 3. The predicted molar refractivity (Wildman–Crippen MR) is 108 cm³/mol. The zero-order valence-electron chi connectivity index (χ0n) is 15.8. The van der Waals surface area contributed by atoms with E-state index in [4.69, 9.17) is 4.42 Å². The number of furan rings is 1. The van der Waals surface area contributed by atoms with Gasteiger partial charge < -0.3 is 14.8 Å². The summed E-state index contributed by atoms with van der Waals surface area (Å²) < 4.78 is 21.3. The molecule has 4 aromatic rings. The van der Waals surface area contributed by atoms with Gasteiger partial charge >= 0.3 is 0 Å². The minimum Gasteiger partial charge on any atom is -0.472 e. The molecule has 1 aliphatic rings. The van der Waals surface area contributed by atoms with Gasteiger partial charge in [0, 0.05) is 29.4 Å². The largest absolute Gasteiger partial charge is 0.472 e. The first-order valence-corrected chi connectivity index (χ1v) is 9.78. The molecular formula is C22H21FN4O2. The molecule has 0 aliphatic heterocycles. The van der Waals surface area contributed by atoms with Crippen LogP contribution in [-0.2, 0) is 0 Å². The highest BCUT2D eigenvalue weighted by Gasteiger charge is 2.20. The van der Waals surface area contributed by atoms with E-state index in [2.05, 4.69) is 15.3 Å². The number of rotatable bonds is 4. The lowest BCUT2D eigenvalue weighted by atomic mass is 9.93. The summed E-state index contributed by atoms with van der Waals surface area (Å²) in [5.41, 5.74) is 4.41. The van der Waals surface area contributed by atoms with Gasteiger partial charge in [0.15, 0.2) is 0 Å². The average Bonchev–Trinajstić information content (AvgIpc) is 3.37. The van der Waals surface area contributed by atoms with Gasteiger partial charge in [-0.1, -0.05) is 0 Å². The highest BCUT2D eigenvalue weighted by Crippen LogP contribution is 2.28. The molecule has 4 aromatic heterocycles. The molecule has 2 atom stereocenters. The normalized spacial score (nSPS) is 19.5. The van der Waals surface area contributed by atoms with Gasteiger partial charge in [-0.25, -0.2) is 9.97 Å². The molecule has 7 heteroatoms. The maximum Gasteiger partial charge on any atom is 0.214 e. The van der Waals surface area contributed by atoms with Crippen molar-refractivity contribution in [1.29, 1.82) is 0 Å². The number of aromatic nitrogens is 3. The fraction of sp³-hybridized carbons (Fsp3) is 0.273. The van der Waals surface area contributed by atoms with Crippen LogP contribution >= 0.6 is 0 Å². The van der Waals surface area contributed by atoms with Gasteiger partial charge in [-0.05, 0) is 49.9 Å². The second-order valence-electron chi connectivity index (χ2n) is 7.53. The van der Waals surface area contributed by atoms with E-state index in [1.807, 2.05) is 28.8 Å². The molecule has 5 rings (SSSR count).